The highest BCUT2D eigenvalue weighted by Crippen LogP contribution is 2.33. The van der Waals surface area contributed by atoms with Crippen molar-refractivity contribution in [1.29, 1.82) is 0 Å². The van der Waals surface area contributed by atoms with Crippen molar-refractivity contribution in [2.24, 2.45) is 10.3 Å². The molecule has 10 nitrogen and oxygen atoms in total. The van der Waals surface area contributed by atoms with Crippen LogP contribution in [0.4, 0.5) is 11.4 Å². The Hall–Kier alpha value is -3.66. The van der Waals surface area contributed by atoms with Gasteiger partial charge in [-0.15, -0.1) is 0 Å². The highest BCUT2D eigenvalue weighted by Gasteiger charge is 2.55. The summed E-state index contributed by atoms with van der Waals surface area (Å²) in [7, 11) is 2.99. The Morgan fingerprint density at radius 1 is 1.10 bits per heavy atom. The van der Waals surface area contributed by atoms with Crippen molar-refractivity contribution in [2.45, 2.75) is 12.1 Å². The third-order valence-corrected chi connectivity index (χ3v) is 5.16. The Labute approximate surface area is 182 Å². The Kier molecular flexibility index (Phi) is 5.47. The van der Waals surface area contributed by atoms with Gasteiger partial charge in [-0.05, 0) is 42.5 Å². The van der Waals surface area contributed by atoms with Gasteiger partial charge in [0, 0.05) is 5.02 Å². The first-order valence-electron chi connectivity index (χ1n) is 9.25. The fourth-order valence-electron chi connectivity index (χ4n) is 3.45. The molecule has 3 amide bonds. The summed E-state index contributed by atoms with van der Waals surface area (Å²) in [6.45, 7) is -0.282. The summed E-state index contributed by atoms with van der Waals surface area (Å²) >= 11 is 5.98. The van der Waals surface area contributed by atoms with Crippen molar-refractivity contribution in [3.8, 4) is 11.5 Å². The van der Waals surface area contributed by atoms with E-state index in [0.29, 0.717) is 27.9 Å². The first kappa shape index (κ1) is 20.6. The van der Waals surface area contributed by atoms with Gasteiger partial charge in [0.05, 0.1) is 25.6 Å². The summed E-state index contributed by atoms with van der Waals surface area (Å²) in [5.74, 6) is -0.445. The summed E-state index contributed by atoms with van der Waals surface area (Å²) in [6.07, 6.45) is 0. The number of amides is 3. The van der Waals surface area contributed by atoms with Crippen molar-refractivity contribution >= 4 is 40.7 Å². The lowest BCUT2D eigenvalue weighted by Gasteiger charge is -2.20. The molecule has 2 aromatic rings. The monoisotopic (exact) mass is 443 g/mol. The van der Waals surface area contributed by atoms with Crippen LogP contribution in [0.1, 0.15) is 0 Å². The fraction of sp³-hybridized carbons (Fsp3) is 0.250. The van der Waals surface area contributed by atoms with E-state index in [1.54, 1.807) is 42.5 Å². The average molecular weight is 444 g/mol. The molecule has 2 unspecified atom stereocenters. The van der Waals surface area contributed by atoms with E-state index < -0.39 is 29.8 Å². The van der Waals surface area contributed by atoms with Gasteiger partial charge in [0.15, 0.2) is 12.1 Å². The van der Waals surface area contributed by atoms with Crippen LogP contribution in [-0.2, 0) is 14.4 Å². The van der Waals surface area contributed by atoms with E-state index in [-0.39, 0.29) is 6.54 Å². The lowest BCUT2D eigenvalue weighted by Crippen LogP contribution is -2.43. The van der Waals surface area contributed by atoms with Crippen molar-refractivity contribution in [1.82, 2.24) is 5.01 Å². The number of ether oxygens (including phenoxy) is 2. The first-order chi connectivity index (χ1) is 14.9. The summed E-state index contributed by atoms with van der Waals surface area (Å²) in [4.78, 5) is 39.4. The van der Waals surface area contributed by atoms with E-state index in [1.165, 1.54) is 19.2 Å². The van der Waals surface area contributed by atoms with Crippen LogP contribution >= 0.6 is 11.6 Å². The highest BCUT2D eigenvalue weighted by atomic mass is 35.5. The molecule has 1 saturated heterocycles. The standard InChI is InChI=1S/C20H18ClN5O5/c1-30-13-6-4-12(5-7-13)26-19(28)17-18(20(26)29)25(24-23-17)10-16(27)22-14-9-11(21)3-8-15(14)31-2/h3-9,17-18H,10H2,1-2H3,(H,22,27). The molecule has 31 heavy (non-hydrogen) atoms. The Bertz CT molecular complexity index is 1070. The van der Waals surface area contributed by atoms with Gasteiger partial charge in [0.1, 0.15) is 18.0 Å². The van der Waals surface area contributed by atoms with Crippen LogP contribution in [-0.4, -0.2) is 55.6 Å². The zero-order chi connectivity index (χ0) is 22.1. The number of imide groups is 1. The normalized spacial score (nSPS) is 19.6. The number of anilines is 2. The van der Waals surface area contributed by atoms with Crippen LogP contribution in [0.15, 0.2) is 52.8 Å². The van der Waals surface area contributed by atoms with Gasteiger partial charge in [-0.3, -0.25) is 19.4 Å². The molecule has 0 spiro atoms. The third-order valence-electron chi connectivity index (χ3n) is 4.93. The fourth-order valence-corrected chi connectivity index (χ4v) is 3.63. The summed E-state index contributed by atoms with van der Waals surface area (Å²) in [6, 6.07) is 9.32. The van der Waals surface area contributed by atoms with Crippen molar-refractivity contribution in [2.75, 3.05) is 31.0 Å². The van der Waals surface area contributed by atoms with Gasteiger partial charge in [-0.1, -0.05) is 16.8 Å². The van der Waals surface area contributed by atoms with Crippen LogP contribution in [0.25, 0.3) is 0 Å². The smallest absolute Gasteiger partial charge is 0.263 e. The summed E-state index contributed by atoms with van der Waals surface area (Å²) in [5.41, 5.74) is 0.773. The molecular formula is C20H18ClN5O5. The van der Waals surface area contributed by atoms with Gasteiger partial charge in [-0.25, -0.2) is 4.90 Å². The summed E-state index contributed by atoms with van der Waals surface area (Å²) < 4.78 is 10.3. The molecule has 0 radical (unpaired) electrons. The largest absolute Gasteiger partial charge is 0.497 e. The first-order valence-corrected chi connectivity index (χ1v) is 9.63. The molecule has 2 aliphatic rings. The van der Waals surface area contributed by atoms with E-state index >= 15 is 0 Å². The predicted molar refractivity (Wildman–Crippen MR) is 111 cm³/mol. The van der Waals surface area contributed by atoms with Gasteiger partial charge in [0.2, 0.25) is 5.91 Å². The van der Waals surface area contributed by atoms with Crippen molar-refractivity contribution in [3.05, 3.63) is 47.5 Å². The third kappa shape index (κ3) is 3.77. The van der Waals surface area contributed by atoms with Crippen LogP contribution in [0, 0.1) is 0 Å². The molecule has 0 aromatic heterocycles. The number of benzene rings is 2. The number of methoxy groups -OCH3 is 2. The molecule has 0 saturated carbocycles. The molecule has 4 rings (SSSR count). The number of halogens is 1. The number of rotatable bonds is 6. The van der Waals surface area contributed by atoms with Crippen LogP contribution in [0.2, 0.25) is 5.02 Å². The lowest BCUT2D eigenvalue weighted by atomic mass is 10.1. The van der Waals surface area contributed by atoms with Crippen LogP contribution in [0.3, 0.4) is 0 Å². The van der Waals surface area contributed by atoms with Crippen molar-refractivity contribution < 1.29 is 23.9 Å². The van der Waals surface area contributed by atoms with Gasteiger partial charge >= 0.3 is 0 Å². The Balaban J connectivity index is 1.49. The van der Waals surface area contributed by atoms with Gasteiger partial charge in [-0.2, -0.15) is 5.11 Å². The van der Waals surface area contributed by atoms with Gasteiger partial charge in [0.25, 0.3) is 11.8 Å². The molecular weight excluding hydrogens is 426 g/mol. The van der Waals surface area contributed by atoms with Gasteiger partial charge < -0.3 is 14.8 Å². The SMILES string of the molecule is COc1ccc(N2C(=O)C3N=NN(CC(=O)Nc4cc(Cl)ccc4OC)C3C2=O)cc1. The molecule has 160 valence electrons. The predicted octanol–water partition coefficient (Wildman–Crippen LogP) is 2.29. The Morgan fingerprint density at radius 2 is 1.84 bits per heavy atom. The molecule has 1 N–H and O–H groups in total. The molecule has 2 aromatic carbocycles. The molecule has 2 atom stereocenters. The minimum absolute atomic E-state index is 0.282. The number of nitrogens with one attached hydrogen (secondary N) is 1. The Morgan fingerprint density at radius 3 is 2.52 bits per heavy atom. The van der Waals surface area contributed by atoms with E-state index in [9.17, 15) is 14.4 Å². The van der Waals surface area contributed by atoms with E-state index in [4.69, 9.17) is 21.1 Å². The molecule has 2 heterocycles. The molecule has 2 aliphatic heterocycles. The summed E-state index contributed by atoms with van der Waals surface area (Å²) in [5, 5.41) is 12.1. The second kappa shape index (κ2) is 8.23. The maximum Gasteiger partial charge on any atom is 0.263 e. The maximum absolute atomic E-state index is 13.0. The van der Waals surface area contributed by atoms with Crippen molar-refractivity contribution in [3.63, 3.8) is 0 Å². The quantitative estimate of drug-likeness (QED) is 0.685. The molecule has 0 aliphatic carbocycles. The second-order valence-electron chi connectivity index (χ2n) is 6.79. The van der Waals surface area contributed by atoms with Crippen LogP contribution < -0.4 is 19.7 Å². The minimum atomic E-state index is -0.997. The number of carbonyl (C=O) groups is 3. The number of carbonyl (C=O) groups excluding carboxylic acids is 3. The lowest BCUT2D eigenvalue weighted by molar-refractivity contribution is -0.123. The number of hydrogen-bond acceptors (Lipinski definition) is 8. The number of nitrogens with zero attached hydrogens (tertiary/aromatic N) is 4. The molecule has 11 heteroatoms. The van der Waals surface area contributed by atoms with E-state index in [2.05, 4.69) is 15.7 Å². The minimum Gasteiger partial charge on any atom is -0.497 e. The zero-order valence-corrected chi connectivity index (χ0v) is 17.4. The highest BCUT2D eigenvalue weighted by molar-refractivity contribution is 6.31. The number of fused-ring (bicyclic) bond motifs is 1. The molecule has 0 bridgehead atoms. The number of hydrogen-bond donors (Lipinski definition) is 1. The van der Waals surface area contributed by atoms with Crippen LogP contribution in [0.5, 0.6) is 11.5 Å². The average Bonchev–Trinajstić information content (AvgIpc) is 3.28. The maximum atomic E-state index is 13.0. The van der Waals surface area contributed by atoms with E-state index in [0.717, 1.165) is 4.90 Å². The second-order valence-corrected chi connectivity index (χ2v) is 7.23. The topological polar surface area (TPSA) is 113 Å². The zero-order valence-electron chi connectivity index (χ0n) is 16.6. The molecule has 1 fully saturated rings. The van der Waals surface area contributed by atoms with E-state index in [1.807, 2.05) is 0 Å².